The van der Waals surface area contributed by atoms with Crippen LogP contribution in [0.1, 0.15) is 21.9 Å². The van der Waals surface area contributed by atoms with Crippen LogP contribution in [-0.2, 0) is 13.2 Å². The monoisotopic (exact) mass is 493 g/mol. The second kappa shape index (κ2) is 9.65. The Morgan fingerprint density at radius 1 is 1.09 bits per heavy atom. The van der Waals surface area contributed by atoms with Gasteiger partial charge in [0, 0.05) is 16.2 Å². The van der Waals surface area contributed by atoms with E-state index in [9.17, 15) is 9.18 Å². The van der Waals surface area contributed by atoms with Gasteiger partial charge in [-0.25, -0.2) is 4.39 Å². The second-order valence-electron chi connectivity index (χ2n) is 6.75. The van der Waals surface area contributed by atoms with Gasteiger partial charge in [0.05, 0.1) is 23.5 Å². The van der Waals surface area contributed by atoms with Crippen molar-refractivity contribution >= 4 is 46.4 Å². The van der Waals surface area contributed by atoms with Crippen molar-refractivity contribution in [2.24, 2.45) is 0 Å². The molecule has 10 heteroatoms. The summed E-state index contributed by atoms with van der Waals surface area (Å²) in [5.74, 6) is 0.155. The molecule has 2 heterocycles. The average Bonchev–Trinajstić information content (AvgIpc) is 3.39. The summed E-state index contributed by atoms with van der Waals surface area (Å²) in [7, 11) is 0. The number of amides is 1. The lowest BCUT2D eigenvalue weighted by Gasteiger charge is -2.06. The molecule has 1 N–H and O–H groups in total. The molecule has 2 aromatic heterocycles. The number of nitrogens with one attached hydrogen (secondary N) is 1. The van der Waals surface area contributed by atoms with Crippen molar-refractivity contribution < 1.29 is 18.3 Å². The predicted octanol–water partition coefficient (Wildman–Crippen LogP) is 6.46. The number of furan rings is 1. The van der Waals surface area contributed by atoms with Crippen LogP contribution in [0.15, 0.2) is 65.3 Å². The molecule has 32 heavy (non-hydrogen) atoms. The van der Waals surface area contributed by atoms with Gasteiger partial charge in [0.1, 0.15) is 23.9 Å². The number of hydrogen-bond acceptors (Lipinski definition) is 4. The number of benzene rings is 2. The Bertz CT molecular complexity index is 1270. The summed E-state index contributed by atoms with van der Waals surface area (Å²) in [6.45, 7) is 0.412. The SMILES string of the molecule is O=C(Nc1cnn(Cc2ccc(F)cc2Cl)c1)c1ccc(COc2ccc(Cl)cc2Cl)o1. The van der Waals surface area contributed by atoms with Gasteiger partial charge in [-0.15, -0.1) is 0 Å². The number of nitrogens with zero attached hydrogens (tertiary/aromatic N) is 2. The van der Waals surface area contributed by atoms with E-state index in [0.717, 1.165) is 0 Å². The smallest absolute Gasteiger partial charge is 0.291 e. The molecule has 0 bridgehead atoms. The first-order valence-electron chi connectivity index (χ1n) is 9.31. The molecule has 4 aromatic rings. The number of carbonyl (C=O) groups excluding carboxylic acids is 1. The fraction of sp³-hybridized carbons (Fsp3) is 0.0909. The highest BCUT2D eigenvalue weighted by atomic mass is 35.5. The fourth-order valence-corrected chi connectivity index (χ4v) is 3.54. The Balaban J connectivity index is 1.35. The predicted molar refractivity (Wildman–Crippen MR) is 120 cm³/mol. The third-order valence-electron chi connectivity index (χ3n) is 4.39. The minimum atomic E-state index is -0.444. The van der Waals surface area contributed by atoms with E-state index in [2.05, 4.69) is 10.4 Å². The topological polar surface area (TPSA) is 69.3 Å². The van der Waals surface area contributed by atoms with Gasteiger partial charge in [-0.2, -0.15) is 5.10 Å². The lowest BCUT2D eigenvalue weighted by molar-refractivity contribution is 0.0992. The van der Waals surface area contributed by atoms with Crippen molar-refractivity contribution in [1.82, 2.24) is 9.78 Å². The first-order valence-corrected chi connectivity index (χ1v) is 10.4. The molecule has 4 rings (SSSR count). The summed E-state index contributed by atoms with van der Waals surface area (Å²) in [5.41, 5.74) is 1.17. The largest absolute Gasteiger partial charge is 0.484 e. The zero-order valence-corrected chi connectivity index (χ0v) is 18.6. The fourth-order valence-electron chi connectivity index (χ4n) is 2.85. The first-order chi connectivity index (χ1) is 15.4. The quantitative estimate of drug-likeness (QED) is 0.320. The van der Waals surface area contributed by atoms with Gasteiger partial charge < -0.3 is 14.5 Å². The molecule has 2 aromatic carbocycles. The van der Waals surface area contributed by atoms with Crippen LogP contribution < -0.4 is 10.1 Å². The minimum absolute atomic E-state index is 0.0883. The van der Waals surface area contributed by atoms with Crippen molar-refractivity contribution in [3.8, 4) is 5.75 Å². The number of halogens is 4. The Morgan fingerprint density at radius 3 is 2.72 bits per heavy atom. The van der Waals surface area contributed by atoms with E-state index in [1.807, 2.05) is 0 Å². The summed E-state index contributed by atoms with van der Waals surface area (Å²) in [5, 5.41) is 8.07. The molecule has 0 radical (unpaired) electrons. The van der Waals surface area contributed by atoms with Crippen LogP contribution in [0.3, 0.4) is 0 Å². The standard InChI is InChI=1S/C22H15Cl3FN3O3/c23-14-2-5-20(19(25)7-14)31-12-17-4-6-21(32-17)22(30)28-16-9-27-29(11-16)10-13-1-3-15(26)8-18(13)24/h1-9,11H,10,12H2,(H,28,30). The lowest BCUT2D eigenvalue weighted by Crippen LogP contribution is -2.10. The van der Waals surface area contributed by atoms with Gasteiger partial charge in [0.15, 0.2) is 5.76 Å². The molecule has 0 aliphatic carbocycles. The Hall–Kier alpha value is -3.00. The maximum absolute atomic E-state index is 13.2. The molecular formula is C22H15Cl3FN3O3. The number of hydrogen-bond donors (Lipinski definition) is 1. The molecule has 164 valence electrons. The van der Waals surface area contributed by atoms with Gasteiger partial charge in [0.25, 0.3) is 5.91 Å². The highest BCUT2D eigenvalue weighted by Gasteiger charge is 2.14. The molecule has 6 nitrogen and oxygen atoms in total. The van der Waals surface area contributed by atoms with Crippen molar-refractivity contribution in [3.63, 3.8) is 0 Å². The van der Waals surface area contributed by atoms with Crippen LogP contribution in [0.25, 0.3) is 0 Å². The Morgan fingerprint density at radius 2 is 1.94 bits per heavy atom. The van der Waals surface area contributed by atoms with E-state index in [0.29, 0.717) is 44.4 Å². The summed E-state index contributed by atoms with van der Waals surface area (Å²) < 4.78 is 25.9. The van der Waals surface area contributed by atoms with E-state index in [-0.39, 0.29) is 12.4 Å². The number of ether oxygens (including phenoxy) is 1. The van der Waals surface area contributed by atoms with Crippen LogP contribution in [-0.4, -0.2) is 15.7 Å². The molecule has 0 spiro atoms. The molecule has 1 amide bonds. The number of anilines is 1. The molecular weight excluding hydrogens is 480 g/mol. The summed E-state index contributed by atoms with van der Waals surface area (Å²) in [4.78, 5) is 12.5. The zero-order chi connectivity index (χ0) is 22.7. The maximum atomic E-state index is 13.2. The van der Waals surface area contributed by atoms with Gasteiger partial charge >= 0.3 is 0 Å². The van der Waals surface area contributed by atoms with Crippen molar-refractivity contribution in [2.75, 3.05) is 5.32 Å². The van der Waals surface area contributed by atoms with Crippen molar-refractivity contribution in [2.45, 2.75) is 13.2 Å². The van der Waals surface area contributed by atoms with Crippen LogP contribution in [0.4, 0.5) is 10.1 Å². The molecule has 0 aliphatic rings. The molecule has 0 saturated carbocycles. The summed E-state index contributed by atoms with van der Waals surface area (Å²) >= 11 is 18.0. The second-order valence-corrected chi connectivity index (χ2v) is 8.00. The number of aromatic nitrogens is 2. The number of rotatable bonds is 7. The summed E-state index contributed by atoms with van der Waals surface area (Å²) in [6, 6.07) is 12.2. The Labute approximate surface area is 197 Å². The van der Waals surface area contributed by atoms with Crippen LogP contribution in [0, 0.1) is 5.82 Å². The Kier molecular flexibility index (Phi) is 6.69. The molecule has 0 saturated heterocycles. The van der Waals surface area contributed by atoms with E-state index in [1.165, 1.54) is 18.3 Å². The minimum Gasteiger partial charge on any atom is -0.484 e. The van der Waals surface area contributed by atoms with Gasteiger partial charge in [-0.3, -0.25) is 9.48 Å². The first kappa shape index (κ1) is 22.2. The van der Waals surface area contributed by atoms with Gasteiger partial charge in [-0.1, -0.05) is 40.9 Å². The van der Waals surface area contributed by atoms with Gasteiger partial charge in [-0.05, 0) is 48.0 Å². The molecule has 0 unspecified atom stereocenters. The highest BCUT2D eigenvalue weighted by molar-refractivity contribution is 6.35. The number of carbonyl (C=O) groups is 1. The average molecular weight is 495 g/mol. The highest BCUT2D eigenvalue weighted by Crippen LogP contribution is 2.28. The van der Waals surface area contributed by atoms with E-state index in [1.54, 1.807) is 47.3 Å². The van der Waals surface area contributed by atoms with Gasteiger partial charge in [0.2, 0.25) is 0 Å². The van der Waals surface area contributed by atoms with Crippen LogP contribution in [0.5, 0.6) is 5.75 Å². The van der Waals surface area contributed by atoms with Crippen LogP contribution >= 0.6 is 34.8 Å². The molecule has 0 fully saturated rings. The van der Waals surface area contributed by atoms with E-state index < -0.39 is 11.7 Å². The third-order valence-corrected chi connectivity index (χ3v) is 5.27. The lowest BCUT2D eigenvalue weighted by atomic mass is 10.2. The molecule has 0 atom stereocenters. The zero-order valence-electron chi connectivity index (χ0n) is 16.3. The maximum Gasteiger partial charge on any atom is 0.291 e. The normalized spacial score (nSPS) is 10.9. The summed E-state index contributed by atoms with van der Waals surface area (Å²) in [6.07, 6.45) is 3.12. The van der Waals surface area contributed by atoms with Crippen LogP contribution in [0.2, 0.25) is 15.1 Å². The van der Waals surface area contributed by atoms with E-state index >= 15 is 0 Å². The van der Waals surface area contributed by atoms with Crippen molar-refractivity contribution in [3.05, 3.63) is 98.9 Å². The molecule has 0 aliphatic heterocycles. The van der Waals surface area contributed by atoms with E-state index in [4.69, 9.17) is 44.0 Å². The third kappa shape index (κ3) is 5.43. The van der Waals surface area contributed by atoms with Crippen molar-refractivity contribution in [1.29, 1.82) is 0 Å².